The second-order valence-corrected chi connectivity index (χ2v) is 4.77. The first-order valence-electron chi connectivity index (χ1n) is 3.73. The minimum atomic E-state index is -0.857. The van der Waals surface area contributed by atoms with Gasteiger partial charge >= 0.3 is 5.97 Å². The van der Waals surface area contributed by atoms with E-state index in [1.54, 1.807) is 22.4 Å². The monoisotopic (exact) mass is 311 g/mol. The van der Waals surface area contributed by atoms with E-state index in [0.29, 0.717) is 5.69 Å². The maximum atomic E-state index is 10.8. The molecule has 0 bridgehead atoms. The topological polar surface area (TPSA) is 42.2 Å². The molecule has 0 radical (unpaired) electrons. The maximum Gasteiger partial charge on any atom is 0.352 e. The Balaban J connectivity index is 2.84. The van der Waals surface area contributed by atoms with Crippen molar-refractivity contribution in [3.8, 4) is 0 Å². The number of nitrogens with zero attached hydrogens (tertiary/aromatic N) is 1. The fraction of sp³-hybridized carbons (Fsp3) is 0.375. The number of rotatable bonds is 4. The number of hydrogen-bond donors (Lipinski definition) is 1. The molecule has 0 saturated carbocycles. The van der Waals surface area contributed by atoms with E-state index in [0.717, 1.165) is 15.9 Å². The summed E-state index contributed by atoms with van der Waals surface area (Å²) in [4.78, 5) is 10.8. The van der Waals surface area contributed by atoms with E-state index in [1.165, 1.54) is 0 Å². The van der Waals surface area contributed by atoms with E-state index in [-0.39, 0.29) is 0 Å². The molecular formula is C8H10INO2S. The van der Waals surface area contributed by atoms with Gasteiger partial charge in [-0.05, 0) is 34.9 Å². The van der Waals surface area contributed by atoms with E-state index in [1.807, 2.05) is 12.5 Å². The van der Waals surface area contributed by atoms with Crippen molar-refractivity contribution >= 4 is 40.3 Å². The first kappa shape index (κ1) is 10.9. The minimum absolute atomic E-state index is 0.374. The molecule has 1 rings (SSSR count). The average molecular weight is 311 g/mol. The third-order valence-electron chi connectivity index (χ3n) is 1.62. The van der Waals surface area contributed by atoms with E-state index in [4.69, 9.17) is 5.11 Å². The fourth-order valence-corrected chi connectivity index (χ4v) is 2.04. The lowest BCUT2D eigenvalue weighted by Gasteiger charge is -2.03. The van der Waals surface area contributed by atoms with Crippen LogP contribution in [-0.2, 0) is 6.54 Å². The quantitative estimate of drug-likeness (QED) is 0.867. The summed E-state index contributed by atoms with van der Waals surface area (Å²) in [6.45, 7) is 0.756. The van der Waals surface area contributed by atoms with Crippen LogP contribution in [-0.4, -0.2) is 27.7 Å². The fourth-order valence-electron chi connectivity index (χ4n) is 1.03. The maximum absolute atomic E-state index is 10.8. The predicted octanol–water partition coefficient (Wildman–Crippen LogP) is 2.15. The Bertz CT molecular complexity index is 311. The van der Waals surface area contributed by atoms with Gasteiger partial charge in [-0.15, -0.1) is 0 Å². The Morgan fingerprint density at radius 3 is 3.00 bits per heavy atom. The summed E-state index contributed by atoms with van der Waals surface area (Å²) >= 11 is 3.83. The van der Waals surface area contributed by atoms with E-state index in [9.17, 15) is 4.79 Å². The van der Waals surface area contributed by atoms with Crippen LogP contribution in [0.15, 0.2) is 12.3 Å². The summed E-state index contributed by atoms with van der Waals surface area (Å²) in [5.74, 6) is 0.0782. The Hall–Kier alpha value is -0.170. The van der Waals surface area contributed by atoms with Gasteiger partial charge in [0.25, 0.3) is 0 Å². The Labute approximate surface area is 94.7 Å². The zero-order valence-electron chi connectivity index (χ0n) is 7.16. The lowest BCUT2D eigenvalue weighted by atomic mass is 10.4. The van der Waals surface area contributed by atoms with Gasteiger partial charge in [0.2, 0.25) is 0 Å². The third-order valence-corrected chi connectivity index (χ3v) is 2.80. The van der Waals surface area contributed by atoms with Crippen LogP contribution < -0.4 is 0 Å². The lowest BCUT2D eigenvalue weighted by molar-refractivity contribution is 0.0685. The highest BCUT2D eigenvalue weighted by molar-refractivity contribution is 14.1. The second-order valence-electron chi connectivity index (χ2n) is 2.53. The third kappa shape index (κ3) is 2.91. The molecule has 1 aromatic rings. The summed E-state index contributed by atoms with van der Waals surface area (Å²) in [6, 6.07) is 1.68. The molecule has 0 aromatic carbocycles. The molecule has 72 valence electrons. The molecule has 0 fully saturated rings. The van der Waals surface area contributed by atoms with Gasteiger partial charge in [0.05, 0.1) is 0 Å². The highest BCUT2D eigenvalue weighted by Crippen LogP contribution is 2.12. The smallest absolute Gasteiger partial charge is 0.352 e. The normalized spacial score (nSPS) is 10.3. The zero-order valence-corrected chi connectivity index (χ0v) is 10.1. The molecule has 0 saturated heterocycles. The molecule has 0 aliphatic heterocycles. The number of aryl methyl sites for hydroxylation is 1. The summed E-state index contributed by atoms with van der Waals surface area (Å²) in [6.07, 6.45) is 3.87. The van der Waals surface area contributed by atoms with Gasteiger partial charge in [-0.3, -0.25) is 0 Å². The van der Waals surface area contributed by atoms with Crippen molar-refractivity contribution < 1.29 is 9.90 Å². The number of halogens is 1. The van der Waals surface area contributed by atoms with Gasteiger partial charge in [-0.2, -0.15) is 11.8 Å². The first-order chi connectivity index (χ1) is 6.15. The number of hydrogen-bond acceptors (Lipinski definition) is 2. The molecule has 1 aromatic heterocycles. The highest BCUT2D eigenvalue weighted by atomic mass is 127. The molecule has 0 atom stereocenters. The molecule has 0 spiro atoms. The molecule has 13 heavy (non-hydrogen) atoms. The van der Waals surface area contributed by atoms with Crippen LogP contribution in [0.4, 0.5) is 0 Å². The van der Waals surface area contributed by atoms with Crippen LogP contribution >= 0.6 is 34.4 Å². The van der Waals surface area contributed by atoms with Crippen LogP contribution in [0.5, 0.6) is 0 Å². The van der Waals surface area contributed by atoms with Crippen LogP contribution in [0.2, 0.25) is 0 Å². The molecule has 0 unspecified atom stereocenters. The molecule has 0 amide bonds. The van der Waals surface area contributed by atoms with Crippen molar-refractivity contribution in [2.24, 2.45) is 0 Å². The van der Waals surface area contributed by atoms with E-state index >= 15 is 0 Å². The molecule has 0 aliphatic carbocycles. The minimum Gasteiger partial charge on any atom is -0.477 e. The van der Waals surface area contributed by atoms with E-state index < -0.39 is 5.97 Å². The van der Waals surface area contributed by atoms with Crippen molar-refractivity contribution in [3.05, 3.63) is 21.5 Å². The van der Waals surface area contributed by atoms with Crippen LogP contribution in [0, 0.1) is 3.57 Å². The number of carboxylic acids is 1. The van der Waals surface area contributed by atoms with Gasteiger partial charge in [-0.1, -0.05) is 0 Å². The molecule has 5 heteroatoms. The van der Waals surface area contributed by atoms with Crippen molar-refractivity contribution in [1.82, 2.24) is 4.57 Å². The second kappa shape index (κ2) is 4.90. The summed E-state index contributed by atoms with van der Waals surface area (Å²) in [7, 11) is 0. The Morgan fingerprint density at radius 2 is 2.46 bits per heavy atom. The largest absolute Gasteiger partial charge is 0.477 e. The van der Waals surface area contributed by atoms with Crippen LogP contribution in [0.3, 0.4) is 0 Å². The SMILES string of the molecule is CSCCn1cc(I)cc1C(=O)O. The van der Waals surface area contributed by atoms with Crippen LogP contribution in [0.1, 0.15) is 10.5 Å². The number of carbonyl (C=O) groups is 1. The van der Waals surface area contributed by atoms with Gasteiger partial charge in [0, 0.05) is 22.1 Å². The summed E-state index contributed by atoms with van der Waals surface area (Å²) in [5, 5.41) is 8.85. The zero-order chi connectivity index (χ0) is 9.84. The number of carboxylic acid groups (broad SMARTS) is 1. The molecule has 1 N–H and O–H groups in total. The highest BCUT2D eigenvalue weighted by Gasteiger charge is 2.10. The molecule has 1 heterocycles. The first-order valence-corrected chi connectivity index (χ1v) is 6.20. The Morgan fingerprint density at radius 1 is 1.77 bits per heavy atom. The Kier molecular flexibility index (Phi) is 4.11. The molecular weight excluding hydrogens is 301 g/mol. The standard InChI is InChI=1S/C8H10INO2S/c1-13-3-2-10-5-6(9)4-7(10)8(11)12/h4-5H,2-3H2,1H3,(H,11,12). The van der Waals surface area contributed by atoms with Gasteiger partial charge in [0.15, 0.2) is 0 Å². The number of aromatic nitrogens is 1. The van der Waals surface area contributed by atoms with Gasteiger partial charge in [0.1, 0.15) is 5.69 Å². The predicted molar refractivity (Wildman–Crippen MR) is 62.5 cm³/mol. The van der Waals surface area contributed by atoms with Gasteiger partial charge in [-0.25, -0.2) is 4.79 Å². The van der Waals surface area contributed by atoms with Crippen molar-refractivity contribution in [1.29, 1.82) is 0 Å². The number of aromatic carboxylic acids is 1. The number of thioether (sulfide) groups is 1. The van der Waals surface area contributed by atoms with Gasteiger partial charge < -0.3 is 9.67 Å². The summed E-state index contributed by atoms with van der Waals surface area (Å²) < 4.78 is 2.75. The van der Waals surface area contributed by atoms with Crippen molar-refractivity contribution in [2.75, 3.05) is 12.0 Å². The van der Waals surface area contributed by atoms with E-state index in [2.05, 4.69) is 22.6 Å². The average Bonchev–Trinajstić information content (AvgIpc) is 2.43. The lowest BCUT2D eigenvalue weighted by Crippen LogP contribution is -2.08. The summed E-state index contributed by atoms with van der Waals surface area (Å²) in [5.41, 5.74) is 0.374. The van der Waals surface area contributed by atoms with Crippen LogP contribution in [0.25, 0.3) is 0 Å². The molecule has 3 nitrogen and oxygen atoms in total. The molecule has 0 aliphatic rings. The van der Waals surface area contributed by atoms with Crippen molar-refractivity contribution in [3.63, 3.8) is 0 Å². The van der Waals surface area contributed by atoms with Crippen molar-refractivity contribution in [2.45, 2.75) is 6.54 Å².